The van der Waals surface area contributed by atoms with Crippen molar-refractivity contribution in [3.05, 3.63) is 59.4 Å². The van der Waals surface area contributed by atoms with E-state index in [0.717, 1.165) is 36.3 Å². The maximum absolute atomic E-state index is 13.3. The Morgan fingerprint density at radius 2 is 1.87 bits per heavy atom. The predicted octanol–water partition coefficient (Wildman–Crippen LogP) is 3.91. The number of benzene rings is 2. The SMILES string of the molecule is COc1cccc(CCCN(C)C)c1OCc1cccc(F)c1. The van der Waals surface area contributed by atoms with E-state index in [9.17, 15) is 4.39 Å². The summed E-state index contributed by atoms with van der Waals surface area (Å²) in [7, 11) is 5.76. The number of methoxy groups -OCH3 is 1. The third-order valence-electron chi connectivity index (χ3n) is 3.60. The van der Waals surface area contributed by atoms with Gasteiger partial charge in [-0.15, -0.1) is 0 Å². The van der Waals surface area contributed by atoms with Gasteiger partial charge in [0, 0.05) is 0 Å². The van der Waals surface area contributed by atoms with E-state index in [0.29, 0.717) is 12.4 Å². The van der Waals surface area contributed by atoms with Crippen LogP contribution in [-0.2, 0) is 13.0 Å². The van der Waals surface area contributed by atoms with E-state index >= 15 is 0 Å². The Bertz CT molecular complexity index is 629. The van der Waals surface area contributed by atoms with E-state index in [1.165, 1.54) is 12.1 Å². The summed E-state index contributed by atoms with van der Waals surface area (Å²) >= 11 is 0. The molecule has 0 fully saturated rings. The van der Waals surface area contributed by atoms with E-state index < -0.39 is 0 Å². The standard InChI is InChI=1S/C19H24FNO2/c1-21(2)12-6-9-16-8-5-11-18(22-3)19(16)23-14-15-7-4-10-17(20)13-15/h4-5,7-8,10-11,13H,6,9,12,14H2,1-3H3. The van der Waals surface area contributed by atoms with Crippen molar-refractivity contribution in [3.8, 4) is 11.5 Å². The Morgan fingerprint density at radius 1 is 1.09 bits per heavy atom. The molecule has 0 radical (unpaired) electrons. The lowest BCUT2D eigenvalue weighted by Gasteiger charge is -2.16. The molecular formula is C19H24FNO2. The van der Waals surface area contributed by atoms with Crippen molar-refractivity contribution in [1.82, 2.24) is 4.90 Å². The van der Waals surface area contributed by atoms with Gasteiger partial charge >= 0.3 is 0 Å². The van der Waals surface area contributed by atoms with Crippen LogP contribution in [0.2, 0.25) is 0 Å². The Morgan fingerprint density at radius 3 is 2.57 bits per heavy atom. The van der Waals surface area contributed by atoms with Crippen LogP contribution in [0.25, 0.3) is 0 Å². The normalized spacial score (nSPS) is 10.8. The molecule has 124 valence electrons. The van der Waals surface area contributed by atoms with Crippen molar-refractivity contribution < 1.29 is 13.9 Å². The van der Waals surface area contributed by atoms with Crippen LogP contribution in [0.1, 0.15) is 17.5 Å². The quantitative estimate of drug-likeness (QED) is 0.737. The first-order valence-corrected chi connectivity index (χ1v) is 7.78. The number of para-hydroxylation sites is 1. The summed E-state index contributed by atoms with van der Waals surface area (Å²) in [6, 6.07) is 12.4. The number of hydrogen-bond acceptors (Lipinski definition) is 3. The smallest absolute Gasteiger partial charge is 0.164 e. The van der Waals surface area contributed by atoms with Crippen molar-refractivity contribution in [2.24, 2.45) is 0 Å². The highest BCUT2D eigenvalue weighted by Crippen LogP contribution is 2.32. The molecule has 0 aliphatic rings. The number of hydrogen-bond donors (Lipinski definition) is 0. The summed E-state index contributed by atoms with van der Waals surface area (Å²) in [5.41, 5.74) is 1.91. The molecule has 0 N–H and O–H groups in total. The van der Waals surface area contributed by atoms with Crippen molar-refractivity contribution in [3.63, 3.8) is 0 Å². The summed E-state index contributed by atoms with van der Waals surface area (Å²) in [5, 5.41) is 0. The van der Waals surface area contributed by atoms with Crippen LogP contribution in [0.3, 0.4) is 0 Å². The molecule has 4 heteroatoms. The molecule has 0 saturated carbocycles. The Hall–Kier alpha value is -2.07. The second-order valence-corrected chi connectivity index (χ2v) is 5.77. The van der Waals surface area contributed by atoms with Gasteiger partial charge in [0.2, 0.25) is 0 Å². The van der Waals surface area contributed by atoms with Crippen LogP contribution >= 0.6 is 0 Å². The first-order valence-electron chi connectivity index (χ1n) is 7.78. The Kier molecular flexibility index (Phi) is 6.41. The minimum absolute atomic E-state index is 0.252. The highest BCUT2D eigenvalue weighted by atomic mass is 19.1. The summed E-state index contributed by atoms with van der Waals surface area (Å²) in [6.45, 7) is 1.33. The molecule has 0 bridgehead atoms. The summed E-state index contributed by atoms with van der Waals surface area (Å²) in [6.07, 6.45) is 1.95. The van der Waals surface area contributed by atoms with Crippen molar-refractivity contribution >= 4 is 0 Å². The molecule has 2 aromatic rings. The second-order valence-electron chi connectivity index (χ2n) is 5.77. The van der Waals surface area contributed by atoms with Gasteiger partial charge in [-0.05, 0) is 62.8 Å². The Labute approximate surface area is 137 Å². The number of rotatable bonds is 8. The van der Waals surface area contributed by atoms with Crippen molar-refractivity contribution in [2.45, 2.75) is 19.4 Å². The molecule has 2 rings (SSSR count). The van der Waals surface area contributed by atoms with Crippen LogP contribution in [0.4, 0.5) is 4.39 Å². The molecule has 0 saturated heterocycles. The van der Waals surface area contributed by atoms with Gasteiger partial charge in [0.15, 0.2) is 11.5 Å². The number of halogens is 1. The van der Waals surface area contributed by atoms with E-state index in [2.05, 4.69) is 25.1 Å². The molecule has 2 aromatic carbocycles. The minimum atomic E-state index is -0.252. The zero-order valence-corrected chi connectivity index (χ0v) is 14.0. The maximum atomic E-state index is 13.3. The first kappa shape index (κ1) is 17.3. The van der Waals surface area contributed by atoms with Gasteiger partial charge in [-0.3, -0.25) is 0 Å². The fourth-order valence-corrected chi connectivity index (χ4v) is 2.45. The van der Waals surface area contributed by atoms with Crippen molar-refractivity contribution in [2.75, 3.05) is 27.7 Å². The van der Waals surface area contributed by atoms with Crippen LogP contribution in [0.15, 0.2) is 42.5 Å². The highest BCUT2D eigenvalue weighted by molar-refractivity contribution is 5.46. The fraction of sp³-hybridized carbons (Fsp3) is 0.368. The fourth-order valence-electron chi connectivity index (χ4n) is 2.45. The lowest BCUT2D eigenvalue weighted by molar-refractivity contribution is 0.280. The highest BCUT2D eigenvalue weighted by Gasteiger charge is 2.11. The lowest BCUT2D eigenvalue weighted by Crippen LogP contribution is -2.13. The van der Waals surface area contributed by atoms with Gasteiger partial charge in [-0.2, -0.15) is 0 Å². The molecule has 0 amide bonds. The van der Waals surface area contributed by atoms with E-state index in [1.54, 1.807) is 13.2 Å². The lowest BCUT2D eigenvalue weighted by atomic mass is 10.1. The largest absolute Gasteiger partial charge is 0.493 e. The van der Waals surface area contributed by atoms with Gasteiger partial charge in [0.25, 0.3) is 0 Å². The summed E-state index contributed by atoms with van der Waals surface area (Å²) in [5.74, 6) is 1.21. The van der Waals surface area contributed by atoms with Gasteiger partial charge in [0.1, 0.15) is 12.4 Å². The third kappa shape index (κ3) is 5.25. The molecular weight excluding hydrogens is 293 g/mol. The Balaban J connectivity index is 2.11. The van der Waals surface area contributed by atoms with E-state index in [1.807, 2.05) is 18.2 Å². The van der Waals surface area contributed by atoms with Crippen LogP contribution in [0, 0.1) is 5.82 Å². The van der Waals surface area contributed by atoms with Crippen LogP contribution in [-0.4, -0.2) is 32.6 Å². The molecule has 0 aliphatic carbocycles. The topological polar surface area (TPSA) is 21.7 Å². The van der Waals surface area contributed by atoms with Gasteiger partial charge in [-0.1, -0.05) is 24.3 Å². The van der Waals surface area contributed by atoms with Crippen LogP contribution < -0.4 is 9.47 Å². The van der Waals surface area contributed by atoms with Gasteiger partial charge < -0.3 is 14.4 Å². The molecule has 3 nitrogen and oxygen atoms in total. The molecule has 23 heavy (non-hydrogen) atoms. The van der Waals surface area contributed by atoms with Crippen molar-refractivity contribution in [1.29, 1.82) is 0 Å². The van der Waals surface area contributed by atoms with Crippen LogP contribution in [0.5, 0.6) is 11.5 Å². The average molecular weight is 317 g/mol. The number of aryl methyl sites for hydroxylation is 1. The number of nitrogens with zero attached hydrogens (tertiary/aromatic N) is 1. The molecule has 0 unspecified atom stereocenters. The molecule has 0 heterocycles. The zero-order valence-electron chi connectivity index (χ0n) is 14.0. The number of ether oxygens (including phenoxy) is 2. The minimum Gasteiger partial charge on any atom is -0.493 e. The predicted molar refractivity (Wildman–Crippen MR) is 90.6 cm³/mol. The van der Waals surface area contributed by atoms with Gasteiger partial charge in [-0.25, -0.2) is 4.39 Å². The third-order valence-corrected chi connectivity index (χ3v) is 3.60. The molecule has 0 aliphatic heterocycles. The molecule has 0 spiro atoms. The monoisotopic (exact) mass is 317 g/mol. The van der Waals surface area contributed by atoms with E-state index in [4.69, 9.17) is 9.47 Å². The average Bonchev–Trinajstić information content (AvgIpc) is 2.53. The summed E-state index contributed by atoms with van der Waals surface area (Å²) < 4.78 is 24.6. The van der Waals surface area contributed by atoms with E-state index in [-0.39, 0.29) is 5.82 Å². The molecule has 0 aromatic heterocycles. The maximum Gasteiger partial charge on any atom is 0.164 e. The molecule has 0 atom stereocenters. The zero-order chi connectivity index (χ0) is 16.7. The summed E-state index contributed by atoms with van der Waals surface area (Å²) in [4.78, 5) is 2.16. The first-order chi connectivity index (χ1) is 11.1. The second kappa shape index (κ2) is 8.53. The van der Waals surface area contributed by atoms with Gasteiger partial charge in [0.05, 0.1) is 7.11 Å².